The molecule has 0 saturated carbocycles. The number of hydrogen-bond donors (Lipinski definition) is 2. The summed E-state index contributed by atoms with van der Waals surface area (Å²) < 4.78 is 0. The quantitative estimate of drug-likeness (QED) is 0.802. The molecule has 0 aliphatic heterocycles. The number of rotatable bonds is 6. The lowest BCUT2D eigenvalue weighted by molar-refractivity contribution is -0.120. The monoisotopic (exact) mass is 317 g/mol. The molecule has 0 bridgehead atoms. The highest BCUT2D eigenvalue weighted by molar-refractivity contribution is 8.00. The van der Waals surface area contributed by atoms with Gasteiger partial charge in [0.05, 0.1) is 11.8 Å². The van der Waals surface area contributed by atoms with Gasteiger partial charge in [-0.2, -0.15) is 0 Å². The van der Waals surface area contributed by atoms with Gasteiger partial charge in [0.15, 0.2) is 0 Å². The molecule has 1 amide bonds. The highest BCUT2D eigenvalue weighted by atomic mass is 32.2. The number of nitrogens with one attached hydrogen (secondary N) is 2. The van der Waals surface area contributed by atoms with Crippen LogP contribution >= 0.6 is 11.8 Å². The first-order chi connectivity index (χ1) is 10.6. The topological polar surface area (TPSA) is 74.8 Å². The Labute approximate surface area is 133 Å². The average molecular weight is 317 g/mol. The summed E-state index contributed by atoms with van der Waals surface area (Å²) in [5.41, 5.74) is 0.432. The summed E-state index contributed by atoms with van der Waals surface area (Å²) in [5, 5.41) is 2.66. The summed E-state index contributed by atoms with van der Waals surface area (Å²) in [5.74, 6) is 0.415. The lowest BCUT2D eigenvalue weighted by atomic mass is 10.3. The highest BCUT2D eigenvalue weighted by Gasteiger charge is 2.17. The van der Waals surface area contributed by atoms with Crippen LogP contribution in [0.4, 0.5) is 0 Å². The minimum Gasteiger partial charge on any atom is -0.348 e. The Hall–Kier alpha value is -2.08. The van der Waals surface area contributed by atoms with Crippen molar-refractivity contribution in [2.24, 2.45) is 0 Å². The van der Waals surface area contributed by atoms with E-state index in [-0.39, 0.29) is 23.3 Å². The molecule has 116 valence electrons. The number of amides is 1. The van der Waals surface area contributed by atoms with Gasteiger partial charge in [-0.15, -0.1) is 11.8 Å². The molecule has 0 saturated heterocycles. The Morgan fingerprint density at radius 3 is 2.73 bits per heavy atom. The third-order valence-corrected chi connectivity index (χ3v) is 4.41. The molecule has 0 radical (unpaired) electrons. The Morgan fingerprint density at radius 1 is 1.36 bits per heavy atom. The number of carbonyl (C=O) groups excluding carboxylic acids is 1. The van der Waals surface area contributed by atoms with E-state index in [1.165, 1.54) is 17.8 Å². The minimum atomic E-state index is -0.206. The highest BCUT2D eigenvalue weighted by Crippen LogP contribution is 2.25. The van der Waals surface area contributed by atoms with Gasteiger partial charge in [0.25, 0.3) is 5.56 Å². The molecule has 1 heterocycles. The number of aromatic amines is 1. The van der Waals surface area contributed by atoms with E-state index in [1.807, 2.05) is 37.3 Å². The number of H-pyrrole nitrogens is 1. The summed E-state index contributed by atoms with van der Waals surface area (Å²) in [4.78, 5) is 31.5. The fourth-order valence-electron chi connectivity index (χ4n) is 2.00. The smallest absolute Gasteiger partial charge is 0.251 e. The average Bonchev–Trinajstić information content (AvgIpc) is 2.50. The standard InChI is InChI=1S/C16H19N3O2S/c1-3-13(22-12-7-5-4-6-8-12)16(21)17-10-14-18-11(2)9-15(20)19-14/h4-9,13H,3,10H2,1-2H3,(H,17,21)(H,18,19,20). The summed E-state index contributed by atoms with van der Waals surface area (Å²) >= 11 is 1.53. The van der Waals surface area contributed by atoms with E-state index in [9.17, 15) is 9.59 Å². The summed E-state index contributed by atoms with van der Waals surface area (Å²) in [6.07, 6.45) is 0.725. The first kappa shape index (κ1) is 16.3. The molecular weight excluding hydrogens is 298 g/mol. The van der Waals surface area contributed by atoms with E-state index < -0.39 is 0 Å². The number of nitrogens with zero attached hydrogens (tertiary/aromatic N) is 1. The van der Waals surface area contributed by atoms with Crippen molar-refractivity contribution in [2.75, 3.05) is 0 Å². The van der Waals surface area contributed by atoms with Gasteiger partial charge in [-0.1, -0.05) is 25.1 Å². The maximum atomic E-state index is 12.3. The SMILES string of the molecule is CCC(Sc1ccccc1)C(=O)NCc1nc(C)cc(=O)[nH]1. The molecule has 0 fully saturated rings. The first-order valence-corrected chi connectivity index (χ1v) is 8.02. The van der Waals surface area contributed by atoms with Crippen molar-refractivity contribution < 1.29 is 4.79 Å². The van der Waals surface area contributed by atoms with Crippen molar-refractivity contribution in [3.63, 3.8) is 0 Å². The molecule has 22 heavy (non-hydrogen) atoms. The van der Waals surface area contributed by atoms with Crippen LogP contribution in [0.3, 0.4) is 0 Å². The van der Waals surface area contributed by atoms with Crippen LogP contribution in [0.2, 0.25) is 0 Å². The van der Waals surface area contributed by atoms with Crippen LogP contribution in [0, 0.1) is 6.92 Å². The van der Waals surface area contributed by atoms with Gasteiger partial charge in [0.1, 0.15) is 5.82 Å². The molecule has 1 atom stereocenters. The van der Waals surface area contributed by atoms with E-state index >= 15 is 0 Å². The zero-order valence-corrected chi connectivity index (χ0v) is 13.4. The van der Waals surface area contributed by atoms with E-state index in [0.29, 0.717) is 11.5 Å². The molecule has 2 rings (SSSR count). The van der Waals surface area contributed by atoms with Crippen molar-refractivity contribution in [1.29, 1.82) is 0 Å². The third-order valence-electron chi connectivity index (χ3n) is 3.03. The lowest BCUT2D eigenvalue weighted by Crippen LogP contribution is -2.33. The summed E-state index contributed by atoms with van der Waals surface area (Å²) in [6, 6.07) is 11.2. The predicted octanol–water partition coefficient (Wildman–Crippen LogP) is 2.27. The van der Waals surface area contributed by atoms with Crippen molar-refractivity contribution in [2.45, 2.75) is 37.0 Å². The Kier molecular flexibility index (Phi) is 5.77. The second kappa shape index (κ2) is 7.79. The number of benzene rings is 1. The van der Waals surface area contributed by atoms with Gasteiger partial charge in [-0.05, 0) is 25.5 Å². The van der Waals surface area contributed by atoms with E-state index in [2.05, 4.69) is 15.3 Å². The Balaban J connectivity index is 1.96. The number of aromatic nitrogens is 2. The number of hydrogen-bond acceptors (Lipinski definition) is 4. The summed E-state index contributed by atoms with van der Waals surface area (Å²) in [7, 11) is 0. The first-order valence-electron chi connectivity index (χ1n) is 7.14. The van der Waals surface area contributed by atoms with Gasteiger partial charge >= 0.3 is 0 Å². The van der Waals surface area contributed by atoms with E-state index in [4.69, 9.17) is 0 Å². The minimum absolute atomic E-state index is 0.0551. The molecule has 2 aromatic rings. The Bertz CT molecular complexity index is 685. The molecule has 1 unspecified atom stereocenters. The van der Waals surface area contributed by atoms with Gasteiger partial charge in [-0.3, -0.25) is 9.59 Å². The molecule has 1 aromatic carbocycles. The van der Waals surface area contributed by atoms with Gasteiger partial charge < -0.3 is 10.3 Å². The number of aryl methyl sites for hydroxylation is 1. The fraction of sp³-hybridized carbons (Fsp3) is 0.312. The molecule has 2 N–H and O–H groups in total. The van der Waals surface area contributed by atoms with Crippen molar-refractivity contribution in [3.05, 3.63) is 58.3 Å². The molecule has 5 nitrogen and oxygen atoms in total. The second-order valence-corrected chi connectivity index (χ2v) is 6.16. The zero-order chi connectivity index (χ0) is 15.9. The van der Waals surface area contributed by atoms with E-state index in [1.54, 1.807) is 6.92 Å². The molecule has 0 spiro atoms. The van der Waals surface area contributed by atoms with Crippen LogP contribution in [0.25, 0.3) is 0 Å². The van der Waals surface area contributed by atoms with Crippen LogP contribution in [-0.2, 0) is 11.3 Å². The maximum absolute atomic E-state index is 12.3. The molecule has 0 aliphatic carbocycles. The van der Waals surface area contributed by atoms with Crippen LogP contribution in [0.5, 0.6) is 0 Å². The van der Waals surface area contributed by atoms with Crippen LogP contribution < -0.4 is 10.9 Å². The van der Waals surface area contributed by atoms with Gasteiger partial charge in [0, 0.05) is 16.7 Å². The second-order valence-electron chi connectivity index (χ2n) is 4.88. The molecule has 6 heteroatoms. The number of thioether (sulfide) groups is 1. The molecule has 1 aromatic heterocycles. The number of carbonyl (C=O) groups is 1. The third kappa shape index (κ3) is 4.73. The Morgan fingerprint density at radius 2 is 2.09 bits per heavy atom. The maximum Gasteiger partial charge on any atom is 0.251 e. The van der Waals surface area contributed by atoms with Crippen molar-refractivity contribution in [1.82, 2.24) is 15.3 Å². The summed E-state index contributed by atoms with van der Waals surface area (Å²) in [6.45, 7) is 3.95. The van der Waals surface area contributed by atoms with E-state index in [0.717, 1.165) is 11.3 Å². The van der Waals surface area contributed by atoms with Crippen molar-refractivity contribution in [3.8, 4) is 0 Å². The fourth-order valence-corrected chi connectivity index (χ4v) is 2.99. The van der Waals surface area contributed by atoms with Gasteiger partial charge in [0.2, 0.25) is 5.91 Å². The van der Waals surface area contributed by atoms with Gasteiger partial charge in [-0.25, -0.2) is 4.98 Å². The van der Waals surface area contributed by atoms with Crippen LogP contribution in [-0.4, -0.2) is 21.1 Å². The molecule has 0 aliphatic rings. The normalized spacial score (nSPS) is 11.9. The van der Waals surface area contributed by atoms with Crippen molar-refractivity contribution >= 4 is 17.7 Å². The largest absolute Gasteiger partial charge is 0.348 e. The predicted molar refractivity (Wildman–Crippen MR) is 87.8 cm³/mol. The zero-order valence-electron chi connectivity index (χ0n) is 12.6. The lowest BCUT2D eigenvalue weighted by Gasteiger charge is -2.14. The molecular formula is C16H19N3O2S. The van der Waals surface area contributed by atoms with Crippen LogP contribution in [0.1, 0.15) is 24.9 Å². The van der Waals surface area contributed by atoms with Crippen LogP contribution in [0.15, 0.2) is 46.1 Å².